The van der Waals surface area contributed by atoms with Crippen molar-refractivity contribution in [2.45, 2.75) is 40.4 Å². The maximum absolute atomic E-state index is 11.9. The highest BCUT2D eigenvalue weighted by Crippen LogP contribution is 2.15. The summed E-state index contributed by atoms with van der Waals surface area (Å²) in [6.07, 6.45) is 0.988. The van der Waals surface area contributed by atoms with Crippen molar-refractivity contribution >= 4 is 5.91 Å². The van der Waals surface area contributed by atoms with Crippen LogP contribution in [0.15, 0.2) is 4.52 Å². The first-order chi connectivity index (χ1) is 9.13. The van der Waals surface area contributed by atoms with Gasteiger partial charge in [0.15, 0.2) is 11.5 Å². The van der Waals surface area contributed by atoms with E-state index in [1.165, 1.54) is 0 Å². The van der Waals surface area contributed by atoms with E-state index >= 15 is 0 Å². The maximum atomic E-state index is 11.9. The molecular weight excluding hydrogens is 248 g/mol. The van der Waals surface area contributed by atoms with E-state index in [-0.39, 0.29) is 24.8 Å². The number of nitrogens with one attached hydrogen (secondary N) is 1. The maximum Gasteiger partial charge on any atom is 0.273 e. The lowest BCUT2D eigenvalue weighted by Crippen LogP contribution is -2.29. The number of carbonyl (C=O) groups is 1. The third-order valence-corrected chi connectivity index (χ3v) is 2.99. The van der Waals surface area contributed by atoms with Crippen LogP contribution in [-0.2, 0) is 18.0 Å². The number of nitrogens with zero attached hydrogens (tertiary/aromatic N) is 1. The van der Waals surface area contributed by atoms with Crippen LogP contribution in [0.4, 0.5) is 0 Å². The minimum Gasteiger partial charge on any atom is -0.391 e. The van der Waals surface area contributed by atoms with E-state index in [1.54, 1.807) is 0 Å². The predicted molar refractivity (Wildman–Crippen MR) is 69.5 cm³/mol. The Morgan fingerprint density at radius 3 is 2.84 bits per heavy atom. The number of ether oxygens (including phenoxy) is 1. The summed E-state index contributed by atoms with van der Waals surface area (Å²) in [5, 5.41) is 15.8. The zero-order valence-electron chi connectivity index (χ0n) is 11.7. The standard InChI is InChI=1S/C13H22N2O4/c1-4-9(3)6-14-13(17)12-10(7-16)11(19-15-12)8-18-5-2/h9,16H,4-8H2,1-3H3,(H,14,17). The topological polar surface area (TPSA) is 84.6 Å². The number of aliphatic hydroxyl groups is 1. The lowest BCUT2D eigenvalue weighted by atomic mass is 10.1. The smallest absolute Gasteiger partial charge is 0.273 e. The normalized spacial score (nSPS) is 12.4. The van der Waals surface area contributed by atoms with Crippen molar-refractivity contribution in [2.24, 2.45) is 5.92 Å². The summed E-state index contributed by atoms with van der Waals surface area (Å²) >= 11 is 0. The van der Waals surface area contributed by atoms with Gasteiger partial charge in [-0.3, -0.25) is 4.79 Å². The number of aliphatic hydroxyl groups excluding tert-OH is 1. The Bertz CT molecular complexity index is 403. The zero-order chi connectivity index (χ0) is 14.3. The van der Waals surface area contributed by atoms with Crippen LogP contribution < -0.4 is 5.32 Å². The Kier molecular flexibility index (Phi) is 6.52. The van der Waals surface area contributed by atoms with Crippen molar-refractivity contribution in [2.75, 3.05) is 13.2 Å². The fourth-order valence-electron chi connectivity index (χ4n) is 1.49. The SMILES string of the molecule is CCOCc1onc(C(=O)NCC(C)CC)c1CO. The molecule has 0 spiro atoms. The van der Waals surface area contributed by atoms with E-state index in [4.69, 9.17) is 9.26 Å². The predicted octanol–water partition coefficient (Wildman–Crippen LogP) is 1.48. The van der Waals surface area contributed by atoms with Crippen LogP contribution in [0, 0.1) is 5.92 Å². The number of amides is 1. The third-order valence-electron chi connectivity index (χ3n) is 2.99. The Hall–Kier alpha value is -1.40. The van der Waals surface area contributed by atoms with E-state index in [0.717, 1.165) is 6.42 Å². The molecule has 0 saturated heterocycles. The van der Waals surface area contributed by atoms with Gasteiger partial charge in [0.25, 0.3) is 5.91 Å². The first-order valence-electron chi connectivity index (χ1n) is 6.58. The van der Waals surface area contributed by atoms with Gasteiger partial charge in [-0.1, -0.05) is 25.4 Å². The number of hydrogen-bond acceptors (Lipinski definition) is 5. The van der Waals surface area contributed by atoms with Crippen molar-refractivity contribution in [1.82, 2.24) is 10.5 Å². The Labute approximate surface area is 113 Å². The van der Waals surface area contributed by atoms with E-state index in [1.807, 2.05) is 6.92 Å². The summed E-state index contributed by atoms with van der Waals surface area (Å²) in [4.78, 5) is 11.9. The van der Waals surface area contributed by atoms with E-state index in [0.29, 0.717) is 30.4 Å². The van der Waals surface area contributed by atoms with Gasteiger partial charge in [0.1, 0.15) is 6.61 Å². The largest absolute Gasteiger partial charge is 0.391 e. The minimum absolute atomic E-state index is 0.139. The van der Waals surface area contributed by atoms with E-state index in [9.17, 15) is 9.90 Å². The second-order valence-corrected chi connectivity index (χ2v) is 4.45. The van der Waals surface area contributed by atoms with Crippen LogP contribution >= 0.6 is 0 Å². The Morgan fingerprint density at radius 2 is 2.26 bits per heavy atom. The first-order valence-corrected chi connectivity index (χ1v) is 6.58. The molecule has 0 aliphatic heterocycles. The van der Waals surface area contributed by atoms with Crippen LogP contribution in [0.3, 0.4) is 0 Å². The molecule has 0 bridgehead atoms. The average molecular weight is 270 g/mol. The van der Waals surface area contributed by atoms with Gasteiger partial charge in [-0.05, 0) is 12.8 Å². The Morgan fingerprint density at radius 1 is 1.53 bits per heavy atom. The highest BCUT2D eigenvalue weighted by molar-refractivity contribution is 5.93. The van der Waals surface area contributed by atoms with Crippen LogP contribution in [0.25, 0.3) is 0 Å². The van der Waals surface area contributed by atoms with Crippen LogP contribution in [0.5, 0.6) is 0 Å². The van der Waals surface area contributed by atoms with Gasteiger partial charge in [-0.15, -0.1) is 0 Å². The molecule has 0 aliphatic carbocycles. The molecule has 1 aromatic heterocycles. The Balaban J connectivity index is 2.71. The average Bonchev–Trinajstić information content (AvgIpc) is 2.84. The van der Waals surface area contributed by atoms with Gasteiger partial charge in [0.2, 0.25) is 0 Å². The van der Waals surface area contributed by atoms with Crippen LogP contribution in [-0.4, -0.2) is 29.3 Å². The lowest BCUT2D eigenvalue weighted by molar-refractivity contribution is 0.0934. The third kappa shape index (κ3) is 4.33. The summed E-state index contributed by atoms with van der Waals surface area (Å²) in [5.74, 6) is 0.477. The molecule has 1 aromatic rings. The molecule has 2 N–H and O–H groups in total. The van der Waals surface area contributed by atoms with Crippen molar-refractivity contribution in [3.8, 4) is 0 Å². The number of aromatic nitrogens is 1. The monoisotopic (exact) mass is 270 g/mol. The summed E-state index contributed by atoms with van der Waals surface area (Å²) in [7, 11) is 0. The molecule has 1 amide bonds. The fraction of sp³-hybridized carbons (Fsp3) is 0.692. The molecular formula is C13H22N2O4. The van der Waals surface area contributed by atoms with E-state index < -0.39 is 0 Å². The first kappa shape index (κ1) is 15.7. The summed E-state index contributed by atoms with van der Waals surface area (Å²) in [6.45, 7) is 6.99. The van der Waals surface area contributed by atoms with Crippen molar-refractivity contribution in [1.29, 1.82) is 0 Å². The van der Waals surface area contributed by atoms with Gasteiger partial charge in [-0.2, -0.15) is 0 Å². The molecule has 1 heterocycles. The van der Waals surface area contributed by atoms with Crippen LogP contribution in [0.2, 0.25) is 0 Å². The highest BCUT2D eigenvalue weighted by Gasteiger charge is 2.21. The molecule has 0 radical (unpaired) electrons. The number of rotatable bonds is 8. The molecule has 1 rings (SSSR count). The van der Waals surface area contributed by atoms with Crippen LogP contribution in [0.1, 0.15) is 49.0 Å². The molecule has 1 unspecified atom stereocenters. The molecule has 0 aliphatic rings. The molecule has 0 aromatic carbocycles. The molecule has 6 nitrogen and oxygen atoms in total. The quantitative estimate of drug-likeness (QED) is 0.747. The van der Waals surface area contributed by atoms with Gasteiger partial charge in [0, 0.05) is 13.2 Å². The molecule has 0 saturated carbocycles. The van der Waals surface area contributed by atoms with Gasteiger partial charge >= 0.3 is 0 Å². The highest BCUT2D eigenvalue weighted by atomic mass is 16.5. The summed E-state index contributed by atoms with van der Waals surface area (Å²) < 4.78 is 10.2. The molecule has 108 valence electrons. The molecule has 19 heavy (non-hydrogen) atoms. The molecule has 6 heteroatoms. The van der Waals surface area contributed by atoms with Gasteiger partial charge < -0.3 is 19.7 Å². The summed E-state index contributed by atoms with van der Waals surface area (Å²) in [6, 6.07) is 0. The second-order valence-electron chi connectivity index (χ2n) is 4.45. The van der Waals surface area contributed by atoms with Gasteiger partial charge in [0.05, 0.1) is 12.2 Å². The fourth-order valence-corrected chi connectivity index (χ4v) is 1.49. The molecule has 0 fully saturated rings. The molecule has 1 atom stereocenters. The summed E-state index contributed by atoms with van der Waals surface area (Å²) in [5.41, 5.74) is 0.538. The van der Waals surface area contributed by atoms with Crippen molar-refractivity contribution in [3.63, 3.8) is 0 Å². The number of carbonyl (C=O) groups excluding carboxylic acids is 1. The van der Waals surface area contributed by atoms with Gasteiger partial charge in [-0.25, -0.2) is 0 Å². The number of hydrogen-bond donors (Lipinski definition) is 2. The van der Waals surface area contributed by atoms with Crippen molar-refractivity contribution < 1.29 is 19.2 Å². The lowest BCUT2D eigenvalue weighted by Gasteiger charge is -2.09. The zero-order valence-corrected chi connectivity index (χ0v) is 11.7. The minimum atomic E-state index is -0.323. The van der Waals surface area contributed by atoms with E-state index in [2.05, 4.69) is 24.3 Å². The second kappa shape index (κ2) is 7.91. The van der Waals surface area contributed by atoms with Crippen molar-refractivity contribution in [3.05, 3.63) is 17.0 Å².